The molecule has 0 N–H and O–H groups in total. The average molecular weight is 367 g/mol. The van der Waals surface area contributed by atoms with Crippen LogP contribution in [0.1, 0.15) is 16.8 Å². The first-order valence-electron chi connectivity index (χ1n) is 9.13. The van der Waals surface area contributed by atoms with Crippen LogP contribution in [0.4, 0.5) is 10.5 Å². The number of hydrogen-bond donors (Lipinski definition) is 0. The zero-order valence-electron chi connectivity index (χ0n) is 15.8. The van der Waals surface area contributed by atoms with Crippen LogP contribution in [0.15, 0.2) is 54.6 Å². The van der Waals surface area contributed by atoms with E-state index < -0.39 is 0 Å². The Kier molecular flexibility index (Phi) is 5.96. The van der Waals surface area contributed by atoms with Crippen molar-refractivity contribution in [1.82, 2.24) is 9.80 Å². The number of anilines is 1. The molecular formula is C21H25N3O3. The molecule has 1 heterocycles. The van der Waals surface area contributed by atoms with Crippen LogP contribution < -0.4 is 9.64 Å². The van der Waals surface area contributed by atoms with E-state index in [1.165, 1.54) is 0 Å². The molecule has 142 valence electrons. The highest BCUT2D eigenvalue weighted by atomic mass is 16.6. The van der Waals surface area contributed by atoms with Gasteiger partial charge in [-0.05, 0) is 36.8 Å². The van der Waals surface area contributed by atoms with Crippen molar-refractivity contribution in [3.63, 3.8) is 0 Å². The molecule has 0 atom stereocenters. The van der Waals surface area contributed by atoms with Gasteiger partial charge in [0.25, 0.3) is 5.91 Å². The molecule has 0 unspecified atom stereocenters. The Bertz CT molecular complexity index is 792. The van der Waals surface area contributed by atoms with Crippen molar-refractivity contribution >= 4 is 17.7 Å². The predicted octanol–water partition coefficient (Wildman–Crippen LogP) is 3.10. The first-order chi connectivity index (χ1) is 13.0. The van der Waals surface area contributed by atoms with E-state index in [1.807, 2.05) is 66.4 Å². The predicted molar refractivity (Wildman–Crippen MR) is 105 cm³/mol. The highest BCUT2D eigenvalue weighted by Gasteiger charge is 2.24. The van der Waals surface area contributed by atoms with E-state index in [-0.39, 0.29) is 12.0 Å². The van der Waals surface area contributed by atoms with Crippen molar-refractivity contribution in [2.75, 3.05) is 45.2 Å². The summed E-state index contributed by atoms with van der Waals surface area (Å²) in [5, 5.41) is 0. The molecule has 1 aliphatic rings. The van der Waals surface area contributed by atoms with E-state index in [1.54, 1.807) is 17.0 Å². The van der Waals surface area contributed by atoms with Gasteiger partial charge in [-0.25, -0.2) is 4.79 Å². The first-order valence-corrected chi connectivity index (χ1v) is 9.13. The lowest BCUT2D eigenvalue weighted by Crippen LogP contribution is -2.38. The third kappa shape index (κ3) is 4.78. The minimum absolute atomic E-state index is 0.00280. The molecule has 1 fully saturated rings. The second kappa shape index (κ2) is 8.58. The van der Waals surface area contributed by atoms with Crippen LogP contribution in [0.25, 0.3) is 0 Å². The van der Waals surface area contributed by atoms with Gasteiger partial charge in [0, 0.05) is 51.5 Å². The van der Waals surface area contributed by atoms with Gasteiger partial charge < -0.3 is 19.4 Å². The molecule has 0 bridgehead atoms. The van der Waals surface area contributed by atoms with Crippen LogP contribution in [-0.4, -0.2) is 62.1 Å². The van der Waals surface area contributed by atoms with Crippen molar-refractivity contribution in [2.45, 2.75) is 6.42 Å². The number of carbonyl (C=O) groups excluding carboxylic acids is 2. The molecule has 6 heteroatoms. The quantitative estimate of drug-likeness (QED) is 0.837. The number of carbonyl (C=O) groups is 2. The fraction of sp³-hybridized carbons (Fsp3) is 0.333. The normalized spacial score (nSPS) is 14.4. The Hall–Kier alpha value is -3.02. The van der Waals surface area contributed by atoms with Gasteiger partial charge in [-0.2, -0.15) is 0 Å². The van der Waals surface area contributed by atoms with E-state index in [2.05, 4.69) is 0 Å². The summed E-state index contributed by atoms with van der Waals surface area (Å²) in [6.45, 7) is 2.16. The Morgan fingerprint density at radius 1 is 0.889 bits per heavy atom. The smallest absolute Gasteiger partial charge is 0.410 e. The molecule has 3 rings (SSSR count). The summed E-state index contributed by atoms with van der Waals surface area (Å²) in [4.78, 5) is 30.7. The van der Waals surface area contributed by atoms with Gasteiger partial charge in [0.15, 0.2) is 0 Å². The zero-order valence-corrected chi connectivity index (χ0v) is 15.8. The SMILES string of the molecule is CN(C)c1cccc(C(=O)N2CCCN(C(=O)Oc3ccccc3)CC2)c1. The van der Waals surface area contributed by atoms with Gasteiger partial charge in [0.05, 0.1) is 0 Å². The molecule has 0 aliphatic carbocycles. The number of hydrogen-bond acceptors (Lipinski definition) is 4. The number of benzene rings is 2. The van der Waals surface area contributed by atoms with E-state index in [9.17, 15) is 9.59 Å². The van der Waals surface area contributed by atoms with Gasteiger partial charge in [-0.15, -0.1) is 0 Å². The third-order valence-electron chi connectivity index (χ3n) is 4.60. The number of ether oxygens (including phenoxy) is 1. The fourth-order valence-corrected chi connectivity index (χ4v) is 3.06. The topological polar surface area (TPSA) is 53.1 Å². The lowest BCUT2D eigenvalue weighted by atomic mass is 10.1. The molecule has 2 aromatic rings. The second-order valence-corrected chi connectivity index (χ2v) is 6.76. The van der Waals surface area contributed by atoms with Crippen molar-refractivity contribution in [3.8, 4) is 5.75 Å². The van der Waals surface area contributed by atoms with Gasteiger partial charge in [0.1, 0.15) is 5.75 Å². The van der Waals surface area contributed by atoms with Crippen LogP contribution in [0.5, 0.6) is 5.75 Å². The highest BCUT2D eigenvalue weighted by molar-refractivity contribution is 5.95. The Morgan fingerprint density at radius 3 is 2.33 bits per heavy atom. The first kappa shape index (κ1) is 18.8. The van der Waals surface area contributed by atoms with Crippen LogP contribution in [0.2, 0.25) is 0 Å². The van der Waals surface area contributed by atoms with Gasteiger partial charge in [-0.1, -0.05) is 24.3 Å². The molecule has 0 spiro atoms. The lowest BCUT2D eigenvalue weighted by molar-refractivity contribution is 0.0760. The van der Waals surface area contributed by atoms with Gasteiger partial charge in [-0.3, -0.25) is 4.79 Å². The number of para-hydroxylation sites is 1. The average Bonchev–Trinajstić information content (AvgIpc) is 2.94. The van der Waals surface area contributed by atoms with Crippen LogP contribution in [0, 0.1) is 0 Å². The summed E-state index contributed by atoms with van der Waals surface area (Å²) < 4.78 is 5.41. The van der Waals surface area contributed by atoms with E-state index in [4.69, 9.17) is 4.74 Å². The number of nitrogens with zero attached hydrogens (tertiary/aromatic N) is 3. The Balaban J connectivity index is 1.61. The van der Waals surface area contributed by atoms with Crippen LogP contribution >= 0.6 is 0 Å². The zero-order chi connectivity index (χ0) is 19.2. The molecule has 2 aromatic carbocycles. The van der Waals surface area contributed by atoms with Crippen LogP contribution in [0.3, 0.4) is 0 Å². The van der Waals surface area contributed by atoms with Crippen molar-refractivity contribution in [3.05, 3.63) is 60.2 Å². The van der Waals surface area contributed by atoms with Crippen molar-refractivity contribution < 1.29 is 14.3 Å². The molecule has 0 aromatic heterocycles. The van der Waals surface area contributed by atoms with E-state index in [0.717, 1.165) is 12.1 Å². The largest absolute Gasteiger partial charge is 0.415 e. The summed E-state index contributed by atoms with van der Waals surface area (Å²) in [5.41, 5.74) is 1.66. The minimum Gasteiger partial charge on any atom is -0.410 e. The summed E-state index contributed by atoms with van der Waals surface area (Å²) in [6.07, 6.45) is 0.355. The number of rotatable bonds is 3. The maximum Gasteiger partial charge on any atom is 0.415 e. The Labute approximate surface area is 159 Å². The van der Waals surface area contributed by atoms with Gasteiger partial charge in [0.2, 0.25) is 0 Å². The van der Waals surface area contributed by atoms with E-state index >= 15 is 0 Å². The molecule has 2 amide bonds. The standard InChI is InChI=1S/C21H25N3O3/c1-22(2)18-9-6-8-17(16-18)20(25)23-12-7-13-24(15-14-23)21(26)27-19-10-4-3-5-11-19/h3-6,8-11,16H,7,12-15H2,1-2H3. The summed E-state index contributed by atoms with van der Waals surface area (Å²) in [5.74, 6) is 0.525. The molecule has 0 saturated carbocycles. The molecule has 27 heavy (non-hydrogen) atoms. The second-order valence-electron chi connectivity index (χ2n) is 6.76. The summed E-state index contributed by atoms with van der Waals surface area (Å²) in [7, 11) is 3.90. The van der Waals surface area contributed by atoms with Crippen LogP contribution in [-0.2, 0) is 0 Å². The summed E-state index contributed by atoms with van der Waals surface area (Å²) >= 11 is 0. The molecular weight excluding hydrogens is 342 g/mol. The lowest BCUT2D eigenvalue weighted by Gasteiger charge is -2.22. The minimum atomic E-state index is -0.370. The molecule has 1 saturated heterocycles. The number of amides is 2. The maximum absolute atomic E-state index is 12.9. The highest BCUT2D eigenvalue weighted by Crippen LogP contribution is 2.17. The van der Waals surface area contributed by atoms with Gasteiger partial charge >= 0.3 is 6.09 Å². The van der Waals surface area contributed by atoms with E-state index in [0.29, 0.717) is 37.5 Å². The fourth-order valence-electron chi connectivity index (χ4n) is 3.06. The monoisotopic (exact) mass is 367 g/mol. The van der Waals surface area contributed by atoms with Crippen molar-refractivity contribution in [2.24, 2.45) is 0 Å². The van der Waals surface area contributed by atoms with Crippen molar-refractivity contribution in [1.29, 1.82) is 0 Å². The molecule has 1 aliphatic heterocycles. The molecule has 0 radical (unpaired) electrons. The Morgan fingerprint density at radius 2 is 1.59 bits per heavy atom. The molecule has 6 nitrogen and oxygen atoms in total. The maximum atomic E-state index is 12.9. The summed E-state index contributed by atoms with van der Waals surface area (Å²) in [6, 6.07) is 16.6. The third-order valence-corrected chi connectivity index (χ3v) is 4.60.